The minimum absolute atomic E-state index is 0.0486. The number of benzene rings is 1. The molecule has 0 fully saturated rings. The van der Waals surface area contributed by atoms with Gasteiger partial charge in [-0.2, -0.15) is 4.31 Å². The normalized spacial score (nSPS) is 11.4. The number of carbonyl (C=O) groups excluding carboxylic acids is 1. The van der Waals surface area contributed by atoms with Gasteiger partial charge < -0.3 is 15.2 Å². The summed E-state index contributed by atoms with van der Waals surface area (Å²) in [5.74, 6) is -0.433. The van der Waals surface area contributed by atoms with E-state index in [0.717, 1.165) is 0 Å². The van der Waals surface area contributed by atoms with E-state index in [4.69, 9.17) is 0 Å². The lowest BCUT2D eigenvalue weighted by Gasteiger charge is -2.17. The lowest BCUT2D eigenvalue weighted by molar-refractivity contribution is -0.384. The Morgan fingerprint density at radius 2 is 1.86 bits per heavy atom. The van der Waals surface area contributed by atoms with E-state index in [1.807, 2.05) is 0 Å². The standard InChI is InChI=1S/C18H25N5O5S/c1-4-22(5-2)29(27,28)14-12-17(21(3)13-14)18(24)20-11-10-19-15-8-6-7-9-16(15)23(25)26/h6-9,12-13,19H,4-5,10-11H2,1-3H3,(H,20,24). The van der Waals surface area contributed by atoms with Crippen molar-refractivity contribution < 1.29 is 18.1 Å². The summed E-state index contributed by atoms with van der Waals surface area (Å²) in [5, 5.41) is 16.6. The van der Waals surface area contributed by atoms with Crippen LogP contribution in [0.25, 0.3) is 0 Å². The van der Waals surface area contributed by atoms with Crippen LogP contribution < -0.4 is 10.6 Å². The molecule has 0 bridgehead atoms. The quantitative estimate of drug-likeness (QED) is 0.341. The van der Waals surface area contributed by atoms with Crippen LogP contribution in [-0.2, 0) is 17.1 Å². The van der Waals surface area contributed by atoms with E-state index in [2.05, 4.69) is 10.6 Å². The van der Waals surface area contributed by atoms with Crippen molar-refractivity contribution in [2.45, 2.75) is 18.7 Å². The number of nitrogens with one attached hydrogen (secondary N) is 2. The molecule has 0 unspecified atom stereocenters. The molecule has 1 amide bonds. The molecule has 1 aromatic heterocycles. The largest absolute Gasteiger partial charge is 0.378 e. The van der Waals surface area contributed by atoms with Gasteiger partial charge in [-0.1, -0.05) is 26.0 Å². The molecule has 10 nitrogen and oxygen atoms in total. The van der Waals surface area contributed by atoms with E-state index in [9.17, 15) is 23.3 Å². The molecular weight excluding hydrogens is 398 g/mol. The highest BCUT2D eigenvalue weighted by Gasteiger charge is 2.25. The van der Waals surface area contributed by atoms with Crippen molar-refractivity contribution in [2.24, 2.45) is 7.05 Å². The van der Waals surface area contributed by atoms with Crippen LogP contribution >= 0.6 is 0 Å². The molecule has 0 saturated heterocycles. The zero-order chi connectivity index (χ0) is 21.6. The van der Waals surface area contributed by atoms with Crippen LogP contribution in [0.2, 0.25) is 0 Å². The predicted molar refractivity (Wildman–Crippen MR) is 109 cm³/mol. The van der Waals surface area contributed by atoms with Crippen LogP contribution in [0.5, 0.6) is 0 Å². The number of nitrogens with zero attached hydrogens (tertiary/aromatic N) is 3. The average Bonchev–Trinajstić information content (AvgIpc) is 3.08. The lowest BCUT2D eigenvalue weighted by atomic mass is 10.2. The molecule has 1 aromatic carbocycles. The van der Waals surface area contributed by atoms with E-state index in [0.29, 0.717) is 18.8 Å². The molecule has 1 heterocycles. The first-order chi connectivity index (χ1) is 13.7. The molecule has 2 rings (SSSR count). The fourth-order valence-corrected chi connectivity index (χ4v) is 4.39. The van der Waals surface area contributed by atoms with Crippen molar-refractivity contribution in [3.8, 4) is 0 Å². The smallest absolute Gasteiger partial charge is 0.292 e. The summed E-state index contributed by atoms with van der Waals surface area (Å²) in [6, 6.07) is 7.57. The van der Waals surface area contributed by atoms with Crippen molar-refractivity contribution in [3.05, 3.63) is 52.3 Å². The molecular formula is C18H25N5O5S. The number of amides is 1. The van der Waals surface area contributed by atoms with Gasteiger partial charge in [0, 0.05) is 45.5 Å². The molecule has 0 aliphatic rings. The van der Waals surface area contributed by atoms with Gasteiger partial charge in [0.05, 0.1) is 4.92 Å². The van der Waals surface area contributed by atoms with E-state index >= 15 is 0 Å². The number of carbonyl (C=O) groups is 1. The first-order valence-electron chi connectivity index (χ1n) is 9.14. The number of anilines is 1. The Kier molecular flexibility index (Phi) is 7.35. The maximum Gasteiger partial charge on any atom is 0.292 e. The summed E-state index contributed by atoms with van der Waals surface area (Å²) in [6.45, 7) is 4.66. The summed E-state index contributed by atoms with van der Waals surface area (Å²) in [6.07, 6.45) is 1.41. The molecule has 0 atom stereocenters. The molecule has 0 saturated carbocycles. The van der Waals surface area contributed by atoms with Gasteiger partial charge in [-0.15, -0.1) is 0 Å². The number of aryl methyl sites for hydroxylation is 1. The first-order valence-corrected chi connectivity index (χ1v) is 10.6. The molecule has 2 N–H and O–H groups in total. The van der Waals surface area contributed by atoms with Gasteiger partial charge in [0.25, 0.3) is 11.6 Å². The highest BCUT2D eigenvalue weighted by molar-refractivity contribution is 7.89. The second-order valence-electron chi connectivity index (χ2n) is 6.22. The van der Waals surface area contributed by atoms with Gasteiger partial charge in [-0.25, -0.2) is 8.42 Å². The van der Waals surface area contributed by atoms with Gasteiger partial charge in [-0.05, 0) is 12.1 Å². The Morgan fingerprint density at radius 3 is 2.48 bits per heavy atom. The second kappa shape index (κ2) is 9.52. The average molecular weight is 423 g/mol. The third kappa shape index (κ3) is 5.12. The van der Waals surface area contributed by atoms with Gasteiger partial charge in [0.2, 0.25) is 10.0 Å². The van der Waals surface area contributed by atoms with Crippen LogP contribution in [0.1, 0.15) is 24.3 Å². The van der Waals surface area contributed by atoms with Crippen LogP contribution in [0, 0.1) is 10.1 Å². The summed E-state index contributed by atoms with van der Waals surface area (Å²) in [7, 11) is -2.06. The monoisotopic (exact) mass is 423 g/mol. The van der Waals surface area contributed by atoms with Crippen molar-refractivity contribution >= 4 is 27.3 Å². The second-order valence-corrected chi connectivity index (χ2v) is 8.16. The number of hydrogen-bond donors (Lipinski definition) is 2. The van der Waals surface area contributed by atoms with E-state index in [1.165, 1.54) is 27.2 Å². The fraction of sp³-hybridized carbons (Fsp3) is 0.389. The number of nitro groups is 1. The third-order valence-corrected chi connectivity index (χ3v) is 6.40. The van der Waals surface area contributed by atoms with E-state index < -0.39 is 20.9 Å². The lowest BCUT2D eigenvalue weighted by Crippen LogP contribution is -2.30. The number of nitro benzene ring substituents is 1. The number of para-hydroxylation sites is 2. The topological polar surface area (TPSA) is 127 Å². The molecule has 0 aliphatic carbocycles. The third-order valence-electron chi connectivity index (χ3n) is 4.38. The van der Waals surface area contributed by atoms with Gasteiger partial charge in [-0.3, -0.25) is 14.9 Å². The Balaban J connectivity index is 2.00. The number of sulfonamides is 1. The predicted octanol–water partition coefficient (Wildman–Crippen LogP) is 1.81. The molecule has 0 spiro atoms. The summed E-state index contributed by atoms with van der Waals surface area (Å²) < 4.78 is 28.0. The number of hydrogen-bond acceptors (Lipinski definition) is 6. The molecule has 11 heteroatoms. The number of aromatic nitrogens is 1. The molecule has 158 valence electrons. The Morgan fingerprint density at radius 1 is 1.21 bits per heavy atom. The van der Waals surface area contributed by atoms with Crippen LogP contribution in [-0.4, -0.2) is 54.3 Å². The van der Waals surface area contributed by atoms with E-state index in [-0.39, 0.29) is 29.4 Å². The number of rotatable bonds is 10. The Bertz CT molecular complexity index is 982. The highest BCUT2D eigenvalue weighted by atomic mass is 32.2. The van der Waals surface area contributed by atoms with Gasteiger partial charge in [0.1, 0.15) is 16.3 Å². The minimum Gasteiger partial charge on any atom is -0.378 e. The zero-order valence-electron chi connectivity index (χ0n) is 16.6. The van der Waals surface area contributed by atoms with Crippen molar-refractivity contribution in [2.75, 3.05) is 31.5 Å². The molecule has 29 heavy (non-hydrogen) atoms. The van der Waals surface area contributed by atoms with E-state index in [1.54, 1.807) is 39.1 Å². The van der Waals surface area contributed by atoms with Crippen LogP contribution in [0.4, 0.5) is 11.4 Å². The van der Waals surface area contributed by atoms with Gasteiger partial charge >= 0.3 is 0 Å². The summed E-state index contributed by atoms with van der Waals surface area (Å²) >= 11 is 0. The van der Waals surface area contributed by atoms with Crippen LogP contribution in [0.15, 0.2) is 41.4 Å². The van der Waals surface area contributed by atoms with Crippen LogP contribution in [0.3, 0.4) is 0 Å². The minimum atomic E-state index is -3.65. The Hall–Kier alpha value is -2.92. The molecule has 2 aromatic rings. The van der Waals surface area contributed by atoms with Gasteiger partial charge in [0.15, 0.2) is 0 Å². The molecule has 0 aliphatic heterocycles. The van der Waals surface area contributed by atoms with Crippen molar-refractivity contribution in [1.29, 1.82) is 0 Å². The maximum absolute atomic E-state index is 12.6. The SMILES string of the molecule is CCN(CC)S(=O)(=O)c1cc(C(=O)NCCNc2ccccc2[N+](=O)[O-])n(C)c1. The van der Waals surface area contributed by atoms with Crippen molar-refractivity contribution in [3.63, 3.8) is 0 Å². The molecule has 0 radical (unpaired) electrons. The van der Waals surface area contributed by atoms with Crippen molar-refractivity contribution in [1.82, 2.24) is 14.2 Å². The fourth-order valence-electron chi connectivity index (χ4n) is 2.86. The Labute approximate surface area is 169 Å². The first kappa shape index (κ1) is 22.4. The zero-order valence-corrected chi connectivity index (χ0v) is 17.4. The summed E-state index contributed by atoms with van der Waals surface area (Å²) in [4.78, 5) is 23.0. The summed E-state index contributed by atoms with van der Waals surface area (Å²) in [5.41, 5.74) is 0.521. The maximum atomic E-state index is 12.6. The highest BCUT2D eigenvalue weighted by Crippen LogP contribution is 2.22.